The zero-order valence-electron chi connectivity index (χ0n) is 10.1. The predicted molar refractivity (Wildman–Crippen MR) is 63.5 cm³/mol. The smallest absolute Gasteiger partial charge is 0.273 e. The van der Waals surface area contributed by atoms with Crippen LogP contribution in [0.3, 0.4) is 0 Å². The average Bonchev–Trinajstić information content (AvgIpc) is 2.77. The van der Waals surface area contributed by atoms with E-state index in [-0.39, 0.29) is 11.9 Å². The maximum absolute atomic E-state index is 11.9. The van der Waals surface area contributed by atoms with Crippen LogP contribution >= 0.6 is 0 Å². The SMILES string of the molecule is Cc1cc(C(=O)NC2CCCCC2CN)no1. The lowest BCUT2D eigenvalue weighted by Crippen LogP contribution is -2.44. The normalized spacial score (nSPS) is 24.6. The number of amides is 1. The fourth-order valence-electron chi connectivity index (χ4n) is 2.40. The summed E-state index contributed by atoms with van der Waals surface area (Å²) in [5.41, 5.74) is 6.08. The van der Waals surface area contributed by atoms with E-state index in [1.165, 1.54) is 6.42 Å². The number of nitrogens with one attached hydrogen (secondary N) is 1. The van der Waals surface area contributed by atoms with Gasteiger partial charge in [-0.1, -0.05) is 18.0 Å². The van der Waals surface area contributed by atoms with Crippen molar-refractivity contribution in [1.29, 1.82) is 0 Å². The standard InChI is InChI=1S/C12H19N3O2/c1-8-6-11(15-17-8)12(16)14-10-5-3-2-4-9(10)7-13/h6,9-10H,2-5,7,13H2,1H3,(H,14,16). The number of nitrogens with two attached hydrogens (primary N) is 1. The van der Waals surface area contributed by atoms with Gasteiger partial charge in [-0.15, -0.1) is 0 Å². The first-order valence-electron chi connectivity index (χ1n) is 6.15. The van der Waals surface area contributed by atoms with E-state index in [1.807, 2.05) is 0 Å². The number of carbonyl (C=O) groups excluding carboxylic acids is 1. The summed E-state index contributed by atoms with van der Waals surface area (Å²) in [6.07, 6.45) is 4.46. The van der Waals surface area contributed by atoms with Crippen LogP contribution in [-0.2, 0) is 0 Å². The topological polar surface area (TPSA) is 81.2 Å². The molecular weight excluding hydrogens is 218 g/mol. The van der Waals surface area contributed by atoms with Crippen molar-refractivity contribution < 1.29 is 9.32 Å². The van der Waals surface area contributed by atoms with Crippen molar-refractivity contribution in [3.8, 4) is 0 Å². The number of hydrogen-bond donors (Lipinski definition) is 2. The molecule has 2 atom stereocenters. The molecule has 0 bridgehead atoms. The summed E-state index contributed by atoms with van der Waals surface area (Å²) >= 11 is 0. The Morgan fingerprint density at radius 3 is 3.00 bits per heavy atom. The van der Waals surface area contributed by atoms with Crippen molar-refractivity contribution >= 4 is 5.91 Å². The maximum Gasteiger partial charge on any atom is 0.273 e. The molecule has 17 heavy (non-hydrogen) atoms. The Morgan fingerprint density at radius 1 is 1.59 bits per heavy atom. The summed E-state index contributed by atoms with van der Waals surface area (Å²) in [6, 6.07) is 1.83. The molecule has 1 aromatic rings. The molecule has 1 aliphatic rings. The van der Waals surface area contributed by atoms with Gasteiger partial charge in [-0.3, -0.25) is 4.79 Å². The van der Waals surface area contributed by atoms with Gasteiger partial charge in [0.15, 0.2) is 5.69 Å². The number of carbonyl (C=O) groups is 1. The number of aryl methyl sites for hydroxylation is 1. The summed E-state index contributed by atoms with van der Waals surface area (Å²) in [5.74, 6) is 0.877. The van der Waals surface area contributed by atoms with Crippen LogP contribution in [0.5, 0.6) is 0 Å². The van der Waals surface area contributed by atoms with Crippen molar-refractivity contribution in [2.45, 2.75) is 38.6 Å². The van der Waals surface area contributed by atoms with Gasteiger partial charge in [0.2, 0.25) is 0 Å². The van der Waals surface area contributed by atoms with Gasteiger partial charge in [0.05, 0.1) is 0 Å². The minimum atomic E-state index is -0.160. The maximum atomic E-state index is 11.9. The van der Waals surface area contributed by atoms with Crippen molar-refractivity contribution in [3.63, 3.8) is 0 Å². The second-order valence-corrected chi connectivity index (χ2v) is 4.68. The van der Waals surface area contributed by atoms with Crippen LogP contribution in [0.1, 0.15) is 41.9 Å². The molecule has 0 saturated heterocycles. The van der Waals surface area contributed by atoms with Crippen LogP contribution in [0.15, 0.2) is 10.6 Å². The molecule has 1 aliphatic carbocycles. The molecule has 0 aliphatic heterocycles. The third-order valence-corrected chi connectivity index (χ3v) is 3.39. The minimum absolute atomic E-state index is 0.160. The third kappa shape index (κ3) is 2.85. The molecule has 3 N–H and O–H groups in total. The molecule has 5 heteroatoms. The summed E-state index contributed by atoms with van der Waals surface area (Å²) in [7, 11) is 0. The van der Waals surface area contributed by atoms with E-state index in [4.69, 9.17) is 10.3 Å². The Hall–Kier alpha value is -1.36. The molecule has 1 heterocycles. The fourth-order valence-corrected chi connectivity index (χ4v) is 2.40. The van der Waals surface area contributed by atoms with Crippen LogP contribution in [0.4, 0.5) is 0 Å². The molecular formula is C12H19N3O2. The molecule has 1 saturated carbocycles. The van der Waals surface area contributed by atoms with E-state index in [2.05, 4.69) is 10.5 Å². The molecule has 1 fully saturated rings. The number of nitrogens with zero attached hydrogens (tertiary/aromatic N) is 1. The lowest BCUT2D eigenvalue weighted by Gasteiger charge is -2.30. The minimum Gasteiger partial charge on any atom is -0.361 e. The third-order valence-electron chi connectivity index (χ3n) is 3.39. The highest BCUT2D eigenvalue weighted by molar-refractivity contribution is 5.92. The summed E-state index contributed by atoms with van der Waals surface area (Å²) in [6.45, 7) is 2.40. The Morgan fingerprint density at radius 2 is 2.35 bits per heavy atom. The number of aromatic nitrogens is 1. The van der Waals surface area contributed by atoms with Gasteiger partial charge < -0.3 is 15.6 Å². The molecule has 0 aromatic carbocycles. The number of hydrogen-bond acceptors (Lipinski definition) is 4. The van der Waals surface area contributed by atoms with E-state index in [0.29, 0.717) is 23.9 Å². The van der Waals surface area contributed by atoms with E-state index >= 15 is 0 Å². The Balaban J connectivity index is 1.97. The Bertz CT molecular complexity index is 389. The van der Waals surface area contributed by atoms with Crippen LogP contribution in [0.25, 0.3) is 0 Å². The van der Waals surface area contributed by atoms with Crippen LogP contribution < -0.4 is 11.1 Å². The van der Waals surface area contributed by atoms with Crippen LogP contribution in [0, 0.1) is 12.8 Å². The second-order valence-electron chi connectivity index (χ2n) is 4.68. The van der Waals surface area contributed by atoms with Crippen LogP contribution in [0.2, 0.25) is 0 Å². The van der Waals surface area contributed by atoms with Gasteiger partial charge in [-0.25, -0.2) is 0 Å². The number of rotatable bonds is 3. The summed E-state index contributed by atoms with van der Waals surface area (Å²) < 4.78 is 4.89. The Labute approximate surface area is 101 Å². The van der Waals surface area contributed by atoms with Crippen LogP contribution in [-0.4, -0.2) is 23.7 Å². The summed E-state index contributed by atoms with van der Waals surface area (Å²) in [5, 5.41) is 6.72. The van der Waals surface area contributed by atoms with Crippen molar-refractivity contribution in [2.24, 2.45) is 11.7 Å². The predicted octanol–water partition coefficient (Wildman–Crippen LogP) is 1.23. The largest absolute Gasteiger partial charge is 0.361 e. The van der Waals surface area contributed by atoms with Gasteiger partial charge in [-0.2, -0.15) is 0 Å². The molecule has 1 amide bonds. The van der Waals surface area contributed by atoms with Gasteiger partial charge in [0.25, 0.3) is 5.91 Å². The van der Waals surface area contributed by atoms with Gasteiger partial charge >= 0.3 is 0 Å². The van der Waals surface area contributed by atoms with Gasteiger partial charge in [-0.05, 0) is 32.2 Å². The van der Waals surface area contributed by atoms with E-state index in [9.17, 15) is 4.79 Å². The van der Waals surface area contributed by atoms with Crippen molar-refractivity contribution in [2.75, 3.05) is 6.54 Å². The lowest BCUT2D eigenvalue weighted by atomic mass is 9.84. The quantitative estimate of drug-likeness (QED) is 0.828. The van der Waals surface area contributed by atoms with E-state index in [1.54, 1.807) is 13.0 Å². The zero-order valence-corrected chi connectivity index (χ0v) is 10.1. The molecule has 94 valence electrons. The first-order chi connectivity index (χ1) is 8.20. The Kier molecular flexibility index (Phi) is 3.78. The first-order valence-corrected chi connectivity index (χ1v) is 6.15. The molecule has 1 aromatic heterocycles. The second kappa shape index (κ2) is 5.31. The summed E-state index contributed by atoms with van der Waals surface area (Å²) in [4.78, 5) is 11.9. The average molecular weight is 237 g/mol. The van der Waals surface area contributed by atoms with E-state index in [0.717, 1.165) is 19.3 Å². The van der Waals surface area contributed by atoms with Gasteiger partial charge in [0.1, 0.15) is 5.76 Å². The van der Waals surface area contributed by atoms with Gasteiger partial charge in [0, 0.05) is 12.1 Å². The highest BCUT2D eigenvalue weighted by atomic mass is 16.5. The van der Waals surface area contributed by atoms with Crippen molar-refractivity contribution in [3.05, 3.63) is 17.5 Å². The monoisotopic (exact) mass is 237 g/mol. The molecule has 2 unspecified atom stereocenters. The molecule has 0 radical (unpaired) electrons. The fraction of sp³-hybridized carbons (Fsp3) is 0.667. The molecule has 2 rings (SSSR count). The highest BCUT2D eigenvalue weighted by Gasteiger charge is 2.26. The molecule has 5 nitrogen and oxygen atoms in total. The van der Waals surface area contributed by atoms with E-state index < -0.39 is 0 Å². The first kappa shape index (κ1) is 12.1. The molecule has 0 spiro atoms. The lowest BCUT2D eigenvalue weighted by molar-refractivity contribution is 0.0899. The van der Waals surface area contributed by atoms with Crippen molar-refractivity contribution in [1.82, 2.24) is 10.5 Å². The highest BCUT2D eigenvalue weighted by Crippen LogP contribution is 2.23. The zero-order chi connectivity index (χ0) is 12.3.